The fraction of sp³-hybridized carbons (Fsp3) is 0.333. The Balaban J connectivity index is 0. The molecule has 0 fully saturated rings. The minimum atomic E-state index is 0. The molecule has 11 heavy (non-hydrogen) atoms. The Morgan fingerprint density at radius 1 is 1.36 bits per heavy atom. The lowest BCUT2D eigenvalue weighted by Crippen LogP contribution is -2.06. The van der Waals surface area contributed by atoms with Gasteiger partial charge >= 0.3 is 0 Å². The summed E-state index contributed by atoms with van der Waals surface area (Å²) in [5.74, 6) is 0. The van der Waals surface area contributed by atoms with Gasteiger partial charge in [0.05, 0.1) is 5.69 Å². The fourth-order valence-electron chi connectivity index (χ4n) is 0.602. The van der Waals surface area contributed by atoms with E-state index in [1.807, 2.05) is 7.05 Å². The van der Waals surface area contributed by atoms with E-state index in [0.29, 0.717) is 0 Å². The Bertz CT molecular complexity index is 169. The van der Waals surface area contributed by atoms with Gasteiger partial charge in [-0.3, -0.25) is 9.97 Å². The summed E-state index contributed by atoms with van der Waals surface area (Å²) in [4.78, 5) is 7.94. The van der Waals surface area contributed by atoms with E-state index in [2.05, 4.69) is 15.3 Å². The maximum atomic E-state index is 4.04. The molecule has 1 rings (SSSR count). The van der Waals surface area contributed by atoms with Crippen molar-refractivity contribution in [1.29, 1.82) is 0 Å². The molecule has 0 aliphatic heterocycles. The van der Waals surface area contributed by atoms with E-state index >= 15 is 0 Å². The third-order valence-corrected chi connectivity index (χ3v) is 0.975. The molecule has 0 atom stereocenters. The van der Waals surface area contributed by atoms with Crippen LogP contribution in [0.1, 0.15) is 5.69 Å². The second-order valence-electron chi connectivity index (χ2n) is 1.73. The normalized spacial score (nSPS) is 7.73. The molecule has 3 nitrogen and oxygen atoms in total. The van der Waals surface area contributed by atoms with Gasteiger partial charge in [-0.25, -0.2) is 0 Å². The van der Waals surface area contributed by atoms with Crippen LogP contribution in [0.5, 0.6) is 0 Å². The highest BCUT2D eigenvalue weighted by Gasteiger charge is 1.86. The van der Waals surface area contributed by atoms with Gasteiger partial charge in [-0.2, -0.15) is 0 Å². The standard InChI is InChI=1S/C6H9N3.2ClH/c1-7-4-6-5-8-2-3-9-6;;/h2-3,5,7H,4H2,1H3;2*1H. The lowest BCUT2D eigenvalue weighted by molar-refractivity contribution is 0.784. The van der Waals surface area contributed by atoms with E-state index in [1.165, 1.54) is 0 Å². The molecule has 0 bridgehead atoms. The molecule has 1 N–H and O–H groups in total. The molecule has 0 unspecified atom stereocenters. The Kier molecular flexibility index (Phi) is 9.29. The number of aromatic nitrogens is 2. The molecular weight excluding hydrogens is 185 g/mol. The van der Waals surface area contributed by atoms with Crippen LogP contribution < -0.4 is 5.32 Å². The van der Waals surface area contributed by atoms with Crippen LogP contribution in [0.2, 0.25) is 0 Å². The summed E-state index contributed by atoms with van der Waals surface area (Å²) in [6.07, 6.45) is 5.10. The highest BCUT2D eigenvalue weighted by Crippen LogP contribution is 1.86. The van der Waals surface area contributed by atoms with Crippen LogP contribution in [-0.2, 0) is 6.54 Å². The molecule has 64 valence electrons. The van der Waals surface area contributed by atoms with E-state index < -0.39 is 0 Å². The van der Waals surface area contributed by atoms with Crippen molar-refractivity contribution < 1.29 is 0 Å². The Morgan fingerprint density at radius 2 is 2.09 bits per heavy atom. The minimum absolute atomic E-state index is 0. The topological polar surface area (TPSA) is 37.8 Å². The molecule has 5 heteroatoms. The van der Waals surface area contributed by atoms with Crippen molar-refractivity contribution in [2.45, 2.75) is 6.54 Å². The summed E-state index contributed by atoms with van der Waals surface area (Å²) in [6, 6.07) is 0. The number of hydrogen-bond donors (Lipinski definition) is 1. The maximum Gasteiger partial charge on any atom is 0.0724 e. The Hall–Kier alpha value is -0.380. The zero-order chi connectivity index (χ0) is 6.53. The molecular formula is C6H11Cl2N3. The monoisotopic (exact) mass is 195 g/mol. The number of halogens is 2. The van der Waals surface area contributed by atoms with Crippen LogP contribution in [0.4, 0.5) is 0 Å². The second kappa shape index (κ2) is 7.72. The molecule has 0 radical (unpaired) electrons. The quantitative estimate of drug-likeness (QED) is 0.767. The van der Waals surface area contributed by atoms with Crippen molar-refractivity contribution in [3.05, 3.63) is 24.3 Å². The molecule has 0 aliphatic rings. The average Bonchev–Trinajstić information content (AvgIpc) is 1.91. The molecule has 0 amide bonds. The molecule has 0 aliphatic carbocycles. The van der Waals surface area contributed by atoms with Gasteiger partial charge in [0.1, 0.15) is 0 Å². The number of rotatable bonds is 2. The first-order valence-corrected chi connectivity index (χ1v) is 2.83. The van der Waals surface area contributed by atoms with Crippen molar-refractivity contribution in [2.24, 2.45) is 0 Å². The molecule has 0 saturated heterocycles. The first kappa shape index (κ1) is 13.2. The van der Waals surface area contributed by atoms with Crippen LogP contribution in [0, 0.1) is 0 Å². The van der Waals surface area contributed by atoms with Gasteiger partial charge < -0.3 is 5.32 Å². The van der Waals surface area contributed by atoms with E-state index in [4.69, 9.17) is 0 Å². The van der Waals surface area contributed by atoms with Gasteiger partial charge in [-0.05, 0) is 7.05 Å². The number of nitrogens with one attached hydrogen (secondary N) is 1. The van der Waals surface area contributed by atoms with Crippen LogP contribution in [0.15, 0.2) is 18.6 Å². The predicted octanol–water partition coefficient (Wildman–Crippen LogP) is 1.04. The summed E-state index contributed by atoms with van der Waals surface area (Å²) in [5.41, 5.74) is 0.972. The molecule has 0 aromatic carbocycles. The van der Waals surface area contributed by atoms with Crippen molar-refractivity contribution in [3.8, 4) is 0 Å². The van der Waals surface area contributed by atoms with Gasteiger partial charge in [-0.15, -0.1) is 24.8 Å². The van der Waals surface area contributed by atoms with Gasteiger partial charge in [0.15, 0.2) is 0 Å². The highest BCUT2D eigenvalue weighted by molar-refractivity contribution is 5.85. The highest BCUT2D eigenvalue weighted by atomic mass is 35.5. The zero-order valence-corrected chi connectivity index (χ0v) is 7.78. The van der Waals surface area contributed by atoms with E-state index in [1.54, 1.807) is 18.6 Å². The molecule has 1 aromatic rings. The van der Waals surface area contributed by atoms with E-state index in [0.717, 1.165) is 12.2 Å². The van der Waals surface area contributed by atoms with Crippen molar-refractivity contribution in [3.63, 3.8) is 0 Å². The summed E-state index contributed by atoms with van der Waals surface area (Å²) in [7, 11) is 1.88. The SMILES string of the molecule is CNCc1cnccn1.Cl.Cl. The Morgan fingerprint density at radius 3 is 2.55 bits per heavy atom. The fourth-order valence-corrected chi connectivity index (χ4v) is 0.602. The van der Waals surface area contributed by atoms with Gasteiger partial charge in [-0.1, -0.05) is 0 Å². The van der Waals surface area contributed by atoms with Crippen LogP contribution >= 0.6 is 24.8 Å². The smallest absolute Gasteiger partial charge is 0.0724 e. The third-order valence-electron chi connectivity index (χ3n) is 0.975. The van der Waals surface area contributed by atoms with Crippen LogP contribution in [-0.4, -0.2) is 17.0 Å². The average molecular weight is 196 g/mol. The number of nitrogens with zero attached hydrogens (tertiary/aromatic N) is 2. The first-order valence-electron chi connectivity index (χ1n) is 2.83. The number of hydrogen-bond acceptors (Lipinski definition) is 3. The first-order chi connectivity index (χ1) is 4.43. The zero-order valence-electron chi connectivity index (χ0n) is 6.15. The lowest BCUT2D eigenvalue weighted by atomic mass is 10.4. The van der Waals surface area contributed by atoms with Gasteiger partial charge in [0.25, 0.3) is 0 Å². The third kappa shape index (κ3) is 4.95. The molecule has 0 spiro atoms. The van der Waals surface area contributed by atoms with Gasteiger partial charge in [0.2, 0.25) is 0 Å². The van der Waals surface area contributed by atoms with Crippen molar-refractivity contribution in [1.82, 2.24) is 15.3 Å². The molecule has 0 saturated carbocycles. The van der Waals surface area contributed by atoms with Crippen molar-refractivity contribution >= 4 is 24.8 Å². The summed E-state index contributed by atoms with van der Waals surface area (Å²) >= 11 is 0. The van der Waals surface area contributed by atoms with Crippen molar-refractivity contribution in [2.75, 3.05) is 7.05 Å². The molecule has 1 aromatic heterocycles. The summed E-state index contributed by atoms with van der Waals surface area (Å²) < 4.78 is 0. The van der Waals surface area contributed by atoms with Gasteiger partial charge in [0, 0.05) is 25.1 Å². The second-order valence-corrected chi connectivity index (χ2v) is 1.73. The van der Waals surface area contributed by atoms with E-state index in [9.17, 15) is 0 Å². The lowest BCUT2D eigenvalue weighted by Gasteiger charge is -1.94. The molecule has 1 heterocycles. The minimum Gasteiger partial charge on any atom is -0.314 e. The Labute approximate surface area is 78.5 Å². The summed E-state index contributed by atoms with van der Waals surface area (Å²) in [6.45, 7) is 0.786. The van der Waals surface area contributed by atoms with E-state index in [-0.39, 0.29) is 24.8 Å². The van der Waals surface area contributed by atoms with Crippen LogP contribution in [0.3, 0.4) is 0 Å². The summed E-state index contributed by atoms with van der Waals surface area (Å²) in [5, 5.41) is 2.98. The predicted molar refractivity (Wildman–Crippen MR) is 49.3 cm³/mol. The van der Waals surface area contributed by atoms with Crippen LogP contribution in [0.25, 0.3) is 0 Å². The maximum absolute atomic E-state index is 4.04. The largest absolute Gasteiger partial charge is 0.314 e.